The summed E-state index contributed by atoms with van der Waals surface area (Å²) < 4.78 is 6.13. The van der Waals surface area contributed by atoms with Crippen LogP contribution in [0.3, 0.4) is 0 Å². The van der Waals surface area contributed by atoms with Crippen LogP contribution in [-0.4, -0.2) is 27.5 Å². The van der Waals surface area contributed by atoms with Gasteiger partial charge in [0.15, 0.2) is 6.10 Å². The molecule has 0 radical (unpaired) electrons. The molecular formula is C30H31Cl2NO4. The molecule has 1 amide bonds. The Morgan fingerprint density at radius 1 is 0.919 bits per heavy atom. The zero-order chi connectivity index (χ0) is 27.2. The molecule has 1 N–H and O–H groups in total. The Morgan fingerprint density at radius 3 is 1.97 bits per heavy atom. The van der Waals surface area contributed by atoms with Crippen molar-refractivity contribution in [1.29, 1.82) is 0 Å². The molecule has 1 aliphatic heterocycles. The SMILES string of the molecule is Cc1ccc(-c2c(C)c3c(c(C)c2C(OC(C)(C)C)C(=O)O)CN(C(=O)c2cc(Cl)cc(Cl)c2)C3)cc1. The lowest BCUT2D eigenvalue weighted by Gasteiger charge is -2.29. The maximum Gasteiger partial charge on any atom is 0.337 e. The summed E-state index contributed by atoms with van der Waals surface area (Å²) >= 11 is 12.3. The maximum absolute atomic E-state index is 13.4. The van der Waals surface area contributed by atoms with Crippen LogP contribution in [0.15, 0.2) is 42.5 Å². The number of aliphatic carboxylic acids is 1. The van der Waals surface area contributed by atoms with Crippen molar-refractivity contribution in [1.82, 2.24) is 4.90 Å². The first-order chi connectivity index (χ1) is 17.3. The van der Waals surface area contributed by atoms with Crippen LogP contribution in [0.2, 0.25) is 10.0 Å². The quantitative estimate of drug-likeness (QED) is 0.361. The second-order valence-electron chi connectivity index (χ2n) is 10.6. The minimum Gasteiger partial charge on any atom is -0.479 e. The minimum absolute atomic E-state index is 0.182. The molecule has 1 atom stereocenters. The normalized spacial score (nSPS) is 14.0. The lowest BCUT2D eigenvalue weighted by atomic mass is 9.83. The van der Waals surface area contributed by atoms with Gasteiger partial charge in [-0.05, 0) is 93.1 Å². The van der Waals surface area contributed by atoms with Gasteiger partial charge in [-0.15, -0.1) is 0 Å². The van der Waals surface area contributed by atoms with Crippen molar-refractivity contribution in [3.05, 3.63) is 91.5 Å². The van der Waals surface area contributed by atoms with Gasteiger partial charge in [0.25, 0.3) is 5.91 Å². The number of carbonyl (C=O) groups excluding carboxylic acids is 1. The standard InChI is InChI=1S/C30H31Cl2NO4/c1-16-7-9-19(10-8-16)25-17(2)23-14-33(28(34)20-11-21(31)13-22(32)12-20)15-24(23)18(3)26(25)27(29(35)36)37-30(4,5)6/h7-13,27H,14-15H2,1-6H3,(H,35,36). The number of carboxylic acid groups (broad SMARTS) is 1. The molecular weight excluding hydrogens is 509 g/mol. The van der Waals surface area contributed by atoms with E-state index >= 15 is 0 Å². The lowest BCUT2D eigenvalue weighted by molar-refractivity contribution is -0.160. The molecule has 1 unspecified atom stereocenters. The number of carbonyl (C=O) groups is 2. The predicted molar refractivity (Wildman–Crippen MR) is 147 cm³/mol. The second kappa shape index (κ2) is 10.1. The highest BCUT2D eigenvalue weighted by atomic mass is 35.5. The molecule has 0 aliphatic carbocycles. The first-order valence-corrected chi connectivity index (χ1v) is 12.9. The van der Waals surface area contributed by atoms with E-state index in [1.165, 1.54) is 0 Å². The fraction of sp³-hybridized carbons (Fsp3) is 0.333. The van der Waals surface area contributed by atoms with Gasteiger partial charge in [0, 0.05) is 34.3 Å². The van der Waals surface area contributed by atoms with Gasteiger partial charge in [-0.25, -0.2) is 4.79 Å². The molecule has 1 aliphatic rings. The number of rotatable bonds is 5. The number of aryl methyl sites for hydroxylation is 1. The zero-order valence-electron chi connectivity index (χ0n) is 21.9. The number of hydrogen-bond donors (Lipinski definition) is 1. The lowest BCUT2D eigenvalue weighted by Crippen LogP contribution is -2.28. The minimum atomic E-state index is -1.17. The summed E-state index contributed by atoms with van der Waals surface area (Å²) in [6.45, 7) is 12.2. The summed E-state index contributed by atoms with van der Waals surface area (Å²) in [4.78, 5) is 27.8. The van der Waals surface area contributed by atoms with E-state index in [0.29, 0.717) is 34.3 Å². The van der Waals surface area contributed by atoms with Gasteiger partial charge >= 0.3 is 5.97 Å². The molecule has 7 heteroatoms. The third kappa shape index (κ3) is 5.54. The van der Waals surface area contributed by atoms with Crippen molar-refractivity contribution < 1.29 is 19.4 Å². The van der Waals surface area contributed by atoms with Gasteiger partial charge in [0.2, 0.25) is 0 Å². The number of ether oxygens (including phenoxy) is 1. The highest BCUT2D eigenvalue weighted by Gasteiger charge is 2.36. The molecule has 4 rings (SSSR count). The van der Waals surface area contributed by atoms with E-state index in [1.807, 2.05) is 65.8 Å². The molecule has 3 aromatic rings. The maximum atomic E-state index is 13.4. The Kier molecular flexibility index (Phi) is 7.44. The molecule has 0 saturated carbocycles. The van der Waals surface area contributed by atoms with Gasteiger partial charge in [-0.1, -0.05) is 53.0 Å². The fourth-order valence-corrected chi connectivity index (χ4v) is 5.56. The Labute approximate surface area is 228 Å². The number of fused-ring (bicyclic) bond motifs is 1. The number of hydrogen-bond acceptors (Lipinski definition) is 3. The van der Waals surface area contributed by atoms with Gasteiger partial charge in [0.05, 0.1) is 5.60 Å². The molecule has 0 fully saturated rings. The monoisotopic (exact) mass is 539 g/mol. The molecule has 0 aromatic heterocycles. The van der Waals surface area contributed by atoms with Crippen LogP contribution >= 0.6 is 23.2 Å². The summed E-state index contributed by atoms with van der Waals surface area (Å²) in [6, 6.07) is 12.9. The van der Waals surface area contributed by atoms with Crippen molar-refractivity contribution in [2.75, 3.05) is 0 Å². The van der Waals surface area contributed by atoms with E-state index < -0.39 is 17.7 Å². The molecule has 3 aromatic carbocycles. The van der Waals surface area contributed by atoms with E-state index in [0.717, 1.165) is 38.9 Å². The molecule has 1 heterocycles. The number of nitrogens with zero attached hydrogens (tertiary/aromatic N) is 1. The van der Waals surface area contributed by atoms with Crippen molar-refractivity contribution >= 4 is 35.1 Å². The van der Waals surface area contributed by atoms with E-state index in [-0.39, 0.29) is 5.91 Å². The summed E-state index contributed by atoms with van der Waals surface area (Å²) in [7, 11) is 0. The average molecular weight is 540 g/mol. The van der Waals surface area contributed by atoms with E-state index in [9.17, 15) is 14.7 Å². The summed E-state index contributed by atoms with van der Waals surface area (Å²) in [6.07, 6.45) is -1.17. The molecule has 0 spiro atoms. The van der Waals surface area contributed by atoms with E-state index in [4.69, 9.17) is 27.9 Å². The molecule has 194 valence electrons. The van der Waals surface area contributed by atoms with Crippen molar-refractivity contribution in [3.63, 3.8) is 0 Å². The second-order valence-corrected chi connectivity index (χ2v) is 11.5. The Hall–Kier alpha value is -2.86. The van der Waals surface area contributed by atoms with Crippen molar-refractivity contribution in [3.8, 4) is 11.1 Å². The number of halogens is 2. The van der Waals surface area contributed by atoms with Gasteiger partial charge < -0.3 is 14.7 Å². The van der Waals surface area contributed by atoms with Crippen LogP contribution in [0.1, 0.15) is 70.6 Å². The Morgan fingerprint density at radius 2 is 1.46 bits per heavy atom. The topological polar surface area (TPSA) is 66.8 Å². The highest BCUT2D eigenvalue weighted by Crippen LogP contribution is 2.44. The van der Waals surface area contributed by atoms with E-state index in [2.05, 4.69) is 0 Å². The summed E-state index contributed by atoms with van der Waals surface area (Å²) in [5.41, 5.74) is 6.98. The summed E-state index contributed by atoms with van der Waals surface area (Å²) in [5.74, 6) is -1.23. The van der Waals surface area contributed by atoms with Crippen LogP contribution in [-0.2, 0) is 22.6 Å². The largest absolute Gasteiger partial charge is 0.479 e. The Bertz CT molecular complexity index is 1370. The van der Waals surface area contributed by atoms with Gasteiger partial charge in [-0.2, -0.15) is 0 Å². The zero-order valence-corrected chi connectivity index (χ0v) is 23.4. The smallest absolute Gasteiger partial charge is 0.337 e. The van der Waals surface area contributed by atoms with Gasteiger partial charge in [0.1, 0.15) is 0 Å². The molecule has 5 nitrogen and oxygen atoms in total. The number of benzene rings is 3. The molecule has 0 bridgehead atoms. The average Bonchev–Trinajstić information content (AvgIpc) is 3.25. The fourth-order valence-electron chi connectivity index (χ4n) is 5.03. The van der Waals surface area contributed by atoms with Crippen LogP contribution < -0.4 is 0 Å². The van der Waals surface area contributed by atoms with Gasteiger partial charge in [-0.3, -0.25) is 4.79 Å². The third-order valence-corrected chi connectivity index (χ3v) is 7.15. The van der Waals surface area contributed by atoms with Crippen LogP contribution in [0.5, 0.6) is 0 Å². The van der Waals surface area contributed by atoms with Crippen molar-refractivity contribution in [2.45, 2.75) is 66.3 Å². The third-order valence-electron chi connectivity index (χ3n) is 6.71. The predicted octanol–water partition coefficient (Wildman–Crippen LogP) is 7.68. The van der Waals surface area contributed by atoms with Crippen LogP contribution in [0, 0.1) is 20.8 Å². The Balaban J connectivity index is 1.89. The van der Waals surface area contributed by atoms with Crippen LogP contribution in [0.4, 0.5) is 0 Å². The highest BCUT2D eigenvalue weighted by molar-refractivity contribution is 6.35. The first-order valence-electron chi connectivity index (χ1n) is 12.1. The number of carboxylic acids is 1. The molecule has 0 saturated heterocycles. The van der Waals surface area contributed by atoms with Crippen LogP contribution in [0.25, 0.3) is 11.1 Å². The van der Waals surface area contributed by atoms with E-state index in [1.54, 1.807) is 23.1 Å². The first kappa shape index (κ1) is 27.2. The number of amides is 1. The summed E-state index contributed by atoms with van der Waals surface area (Å²) in [5, 5.41) is 11.1. The molecule has 37 heavy (non-hydrogen) atoms. The van der Waals surface area contributed by atoms with Crippen molar-refractivity contribution in [2.24, 2.45) is 0 Å².